The fourth-order valence-electron chi connectivity index (χ4n) is 2.09. The Morgan fingerprint density at radius 2 is 2.00 bits per heavy atom. The summed E-state index contributed by atoms with van der Waals surface area (Å²) in [6, 6.07) is 1.17. The maximum atomic E-state index is 12.9. The monoisotopic (exact) mass is 358 g/mol. The number of carboxylic acids is 1. The molecule has 0 atom stereocenters. The highest BCUT2D eigenvalue weighted by Gasteiger charge is 2.25. The fourth-order valence-corrected chi connectivity index (χ4v) is 3.15. The van der Waals surface area contributed by atoms with Crippen LogP contribution in [0.25, 0.3) is 10.2 Å². The van der Waals surface area contributed by atoms with Crippen molar-refractivity contribution in [2.75, 3.05) is 5.32 Å². The number of pyridine rings is 1. The second-order valence-corrected chi connectivity index (χ2v) is 7.08. The van der Waals surface area contributed by atoms with E-state index in [-0.39, 0.29) is 15.4 Å². The Labute approximate surface area is 140 Å². The summed E-state index contributed by atoms with van der Waals surface area (Å²) in [6.45, 7) is 6.54. The molecule has 24 heavy (non-hydrogen) atoms. The lowest BCUT2D eigenvalue weighted by molar-refractivity contribution is 0.0636. The van der Waals surface area contributed by atoms with E-state index in [2.05, 4.69) is 10.3 Å². The molecule has 0 spiro atoms. The van der Waals surface area contributed by atoms with Crippen LogP contribution < -0.4 is 5.32 Å². The number of rotatable bonds is 3. The van der Waals surface area contributed by atoms with Crippen molar-refractivity contribution in [2.24, 2.45) is 0 Å². The molecular formula is C15H16F2N2O4S. The van der Waals surface area contributed by atoms with Gasteiger partial charge in [0.05, 0.1) is 5.69 Å². The van der Waals surface area contributed by atoms with Crippen molar-refractivity contribution in [2.45, 2.75) is 39.7 Å². The van der Waals surface area contributed by atoms with Crippen LogP contribution in [0, 0.1) is 6.92 Å². The summed E-state index contributed by atoms with van der Waals surface area (Å²) in [4.78, 5) is 27.1. The molecule has 0 aliphatic rings. The average Bonchev–Trinajstić information content (AvgIpc) is 2.75. The molecule has 0 fully saturated rings. The number of carboxylic acid groups (broad SMARTS) is 1. The van der Waals surface area contributed by atoms with Gasteiger partial charge in [-0.2, -0.15) is 0 Å². The Morgan fingerprint density at radius 3 is 2.50 bits per heavy atom. The molecule has 2 aromatic rings. The molecule has 0 unspecified atom stereocenters. The number of aryl methyl sites for hydroxylation is 1. The molecule has 0 aliphatic carbocycles. The minimum atomic E-state index is -2.77. The summed E-state index contributed by atoms with van der Waals surface area (Å²) in [7, 11) is 0. The number of carbonyl (C=O) groups excluding carboxylic acids is 1. The molecule has 6 nitrogen and oxygen atoms in total. The lowest BCUT2D eigenvalue weighted by Gasteiger charge is -2.19. The van der Waals surface area contributed by atoms with E-state index in [4.69, 9.17) is 4.74 Å². The number of ether oxygens (including phenoxy) is 1. The van der Waals surface area contributed by atoms with Gasteiger partial charge in [0, 0.05) is 5.39 Å². The highest BCUT2D eigenvalue weighted by molar-refractivity contribution is 7.21. The molecule has 0 bridgehead atoms. The summed E-state index contributed by atoms with van der Waals surface area (Å²) in [5, 5.41) is 12.0. The molecule has 9 heteroatoms. The number of nitrogens with one attached hydrogen (secondary N) is 1. The van der Waals surface area contributed by atoms with Crippen molar-refractivity contribution in [1.82, 2.24) is 4.98 Å². The van der Waals surface area contributed by atoms with E-state index in [0.29, 0.717) is 10.9 Å². The quantitative estimate of drug-likeness (QED) is 0.838. The Hall–Kier alpha value is -2.29. The van der Waals surface area contributed by atoms with Crippen molar-refractivity contribution in [1.29, 1.82) is 0 Å². The number of hydrogen-bond donors (Lipinski definition) is 2. The number of alkyl halides is 2. The van der Waals surface area contributed by atoms with Gasteiger partial charge in [-0.3, -0.25) is 5.32 Å². The van der Waals surface area contributed by atoms with Crippen LogP contribution in [0.1, 0.15) is 48.1 Å². The summed E-state index contributed by atoms with van der Waals surface area (Å²) < 4.78 is 30.9. The van der Waals surface area contributed by atoms with Crippen molar-refractivity contribution in [3.8, 4) is 0 Å². The van der Waals surface area contributed by atoms with Gasteiger partial charge >= 0.3 is 12.1 Å². The number of fused-ring (bicyclic) bond motifs is 1. The highest BCUT2D eigenvalue weighted by atomic mass is 32.1. The standard InChI is InChI=1S/C15H16F2N2O4S/c1-6-5-7(11(16)17)18-12-8(6)9(10(24-12)13(20)21)19-14(22)23-15(2,3)4/h5,11H,1-4H3,(H,19,22)(H,20,21). The summed E-state index contributed by atoms with van der Waals surface area (Å²) in [6.07, 6.45) is -3.60. The Kier molecular flexibility index (Phi) is 4.75. The van der Waals surface area contributed by atoms with Gasteiger partial charge in [-0.15, -0.1) is 11.3 Å². The molecule has 2 rings (SSSR count). The van der Waals surface area contributed by atoms with E-state index in [1.807, 2.05) is 0 Å². The number of aromatic nitrogens is 1. The molecule has 0 aliphatic heterocycles. The number of amides is 1. The maximum absolute atomic E-state index is 12.9. The maximum Gasteiger partial charge on any atom is 0.412 e. The lowest BCUT2D eigenvalue weighted by Crippen LogP contribution is -2.27. The molecular weight excluding hydrogens is 342 g/mol. The van der Waals surface area contributed by atoms with Crippen molar-refractivity contribution in [3.63, 3.8) is 0 Å². The van der Waals surface area contributed by atoms with Gasteiger partial charge in [-0.25, -0.2) is 23.4 Å². The summed E-state index contributed by atoms with van der Waals surface area (Å²) >= 11 is 0.723. The fraction of sp³-hybridized carbons (Fsp3) is 0.400. The molecule has 130 valence electrons. The molecule has 2 heterocycles. The lowest BCUT2D eigenvalue weighted by atomic mass is 10.1. The Morgan fingerprint density at radius 1 is 1.38 bits per heavy atom. The number of hydrogen-bond acceptors (Lipinski definition) is 5. The predicted octanol–water partition coefficient (Wildman–Crippen LogP) is 4.59. The molecule has 1 amide bonds. The van der Waals surface area contributed by atoms with Gasteiger partial charge in [0.1, 0.15) is 21.0 Å². The zero-order chi connectivity index (χ0) is 18.2. The van der Waals surface area contributed by atoms with E-state index in [1.54, 1.807) is 27.7 Å². The number of thiophene rings is 1. The van der Waals surface area contributed by atoms with E-state index >= 15 is 0 Å². The molecule has 2 N–H and O–H groups in total. The van der Waals surface area contributed by atoms with Gasteiger partial charge in [0.2, 0.25) is 0 Å². The summed E-state index contributed by atoms with van der Waals surface area (Å²) in [5.41, 5.74) is -0.815. The van der Waals surface area contributed by atoms with E-state index in [1.165, 1.54) is 6.07 Å². The normalized spacial score (nSPS) is 11.8. The van der Waals surface area contributed by atoms with Gasteiger partial charge in [-0.05, 0) is 39.3 Å². The Balaban J connectivity index is 2.56. The number of aromatic carboxylic acids is 1. The van der Waals surface area contributed by atoms with Crippen LogP contribution in [0.2, 0.25) is 0 Å². The number of halogens is 2. The van der Waals surface area contributed by atoms with Crippen molar-refractivity contribution >= 4 is 39.3 Å². The van der Waals surface area contributed by atoms with E-state index in [9.17, 15) is 23.5 Å². The third-order valence-corrected chi connectivity index (χ3v) is 3.99. The first-order chi connectivity index (χ1) is 11.0. The van der Waals surface area contributed by atoms with Crippen LogP contribution in [0.15, 0.2) is 6.07 Å². The second-order valence-electron chi connectivity index (χ2n) is 6.08. The van der Waals surface area contributed by atoms with Gasteiger partial charge < -0.3 is 9.84 Å². The average molecular weight is 358 g/mol. The van der Waals surface area contributed by atoms with Gasteiger partial charge in [0.25, 0.3) is 6.43 Å². The van der Waals surface area contributed by atoms with Crippen LogP contribution in [0.5, 0.6) is 0 Å². The SMILES string of the molecule is Cc1cc(C(F)F)nc2sc(C(=O)O)c(NC(=O)OC(C)(C)C)c12. The zero-order valence-electron chi connectivity index (χ0n) is 13.4. The molecule has 0 saturated carbocycles. The molecule has 0 saturated heterocycles. The van der Waals surface area contributed by atoms with Crippen LogP contribution >= 0.6 is 11.3 Å². The van der Waals surface area contributed by atoms with E-state index in [0.717, 1.165) is 11.3 Å². The largest absolute Gasteiger partial charge is 0.477 e. The minimum absolute atomic E-state index is 0.00238. The van der Waals surface area contributed by atoms with Crippen molar-refractivity contribution in [3.05, 3.63) is 22.2 Å². The first-order valence-electron chi connectivity index (χ1n) is 6.95. The van der Waals surface area contributed by atoms with Crippen molar-refractivity contribution < 1.29 is 28.2 Å². The summed E-state index contributed by atoms with van der Waals surface area (Å²) in [5.74, 6) is -1.29. The second kappa shape index (κ2) is 6.31. The third-order valence-electron chi connectivity index (χ3n) is 2.92. The van der Waals surface area contributed by atoms with Gasteiger partial charge in [0.15, 0.2) is 0 Å². The zero-order valence-corrected chi connectivity index (χ0v) is 14.3. The molecule has 2 aromatic heterocycles. The number of carbonyl (C=O) groups is 2. The van der Waals surface area contributed by atoms with Crippen LogP contribution in [0.4, 0.5) is 19.3 Å². The highest BCUT2D eigenvalue weighted by Crippen LogP contribution is 2.38. The third kappa shape index (κ3) is 3.78. The van der Waals surface area contributed by atoms with Gasteiger partial charge in [-0.1, -0.05) is 0 Å². The van der Waals surface area contributed by atoms with Crippen LogP contribution in [0.3, 0.4) is 0 Å². The van der Waals surface area contributed by atoms with E-state index < -0.39 is 29.8 Å². The number of anilines is 1. The number of nitrogens with zero attached hydrogens (tertiary/aromatic N) is 1. The molecule has 0 aromatic carbocycles. The smallest absolute Gasteiger partial charge is 0.412 e. The van der Waals surface area contributed by atoms with Crippen LogP contribution in [-0.2, 0) is 4.74 Å². The predicted molar refractivity (Wildman–Crippen MR) is 86.1 cm³/mol. The minimum Gasteiger partial charge on any atom is -0.477 e. The van der Waals surface area contributed by atoms with Crippen LogP contribution in [-0.4, -0.2) is 27.8 Å². The topological polar surface area (TPSA) is 88.5 Å². The first kappa shape index (κ1) is 18.1. The Bertz CT molecular complexity index is 812. The first-order valence-corrected chi connectivity index (χ1v) is 7.76. The molecule has 0 radical (unpaired) electrons.